The molecule has 5 rings (SSSR count). The molecule has 4 aromatic carbocycles. The van der Waals surface area contributed by atoms with E-state index in [1.807, 2.05) is 54.6 Å². The van der Waals surface area contributed by atoms with Crippen molar-refractivity contribution in [1.82, 2.24) is 10.2 Å². The maximum Gasteiger partial charge on any atom is 0.127 e. The van der Waals surface area contributed by atoms with Gasteiger partial charge in [0.2, 0.25) is 0 Å². The minimum atomic E-state index is -2.19. The van der Waals surface area contributed by atoms with Crippen molar-refractivity contribution in [2.24, 2.45) is 0 Å². The second-order valence-corrected chi connectivity index (χ2v) is 11.4. The van der Waals surface area contributed by atoms with Crippen LogP contribution in [0.25, 0.3) is 0 Å². The molecule has 4 aromatic rings. The van der Waals surface area contributed by atoms with Gasteiger partial charge in [-0.05, 0) is 47.5 Å². The Hall–Kier alpha value is -2.75. The number of para-hydroxylation sites is 1. The van der Waals surface area contributed by atoms with Gasteiger partial charge in [0.25, 0.3) is 0 Å². The Morgan fingerprint density at radius 2 is 0.968 bits per heavy atom. The van der Waals surface area contributed by atoms with Gasteiger partial charge in [-0.1, -0.05) is 90.7 Å². The van der Waals surface area contributed by atoms with Crippen LogP contribution in [0.15, 0.2) is 115 Å². The monoisotopic (exact) mass is 442 g/mol. The van der Waals surface area contributed by atoms with E-state index in [0.717, 1.165) is 16.8 Å². The van der Waals surface area contributed by atoms with E-state index in [2.05, 4.69) is 70.8 Å². The maximum absolute atomic E-state index is 6.21. The van der Waals surface area contributed by atoms with Gasteiger partial charge in [-0.2, -0.15) is 0 Å². The van der Waals surface area contributed by atoms with E-state index in [0.29, 0.717) is 0 Å². The van der Waals surface area contributed by atoms with Crippen molar-refractivity contribution < 1.29 is 4.74 Å². The lowest BCUT2D eigenvalue weighted by atomic mass is 9.95. The van der Waals surface area contributed by atoms with Crippen LogP contribution in [0.3, 0.4) is 0 Å². The number of benzene rings is 4. The lowest BCUT2D eigenvalue weighted by molar-refractivity contribution is 0.483. The fraction of sp³-hybridized carbons (Fsp3) is 0.0769. The summed E-state index contributed by atoms with van der Waals surface area (Å²) in [6, 6.07) is 39.2. The molecule has 3 nitrogen and oxygen atoms in total. The molecule has 2 N–H and O–H groups in total. The van der Waals surface area contributed by atoms with Gasteiger partial charge in [0, 0.05) is 5.30 Å². The first-order valence-corrected chi connectivity index (χ1v) is 13.1. The molecule has 5 heteroatoms. The molecule has 1 fully saturated rings. The van der Waals surface area contributed by atoms with Gasteiger partial charge in [0.1, 0.15) is 17.8 Å². The predicted octanol–water partition coefficient (Wildman–Crippen LogP) is 6.09. The fourth-order valence-electron chi connectivity index (χ4n) is 3.93. The molecular formula is C26H23N2OPS. The summed E-state index contributed by atoms with van der Waals surface area (Å²) in [6.45, 7) is 0. The quantitative estimate of drug-likeness (QED) is 0.367. The van der Waals surface area contributed by atoms with Crippen molar-refractivity contribution in [2.45, 2.75) is 12.1 Å². The largest absolute Gasteiger partial charge is 0.457 e. The normalized spacial score (nSPS) is 19.7. The third-order valence-corrected chi connectivity index (χ3v) is 9.05. The first kappa shape index (κ1) is 20.2. The third kappa shape index (κ3) is 4.34. The average molecular weight is 443 g/mol. The van der Waals surface area contributed by atoms with Crippen LogP contribution in [-0.4, -0.2) is 0 Å². The van der Waals surface area contributed by atoms with Crippen LogP contribution in [0.2, 0.25) is 0 Å². The molecule has 1 saturated heterocycles. The first-order chi connectivity index (χ1) is 15.2. The van der Waals surface area contributed by atoms with Crippen molar-refractivity contribution in [3.8, 4) is 11.5 Å². The minimum absolute atomic E-state index is 0.106. The Bertz CT molecular complexity index is 1130. The van der Waals surface area contributed by atoms with Crippen molar-refractivity contribution in [1.29, 1.82) is 0 Å². The van der Waals surface area contributed by atoms with Crippen LogP contribution in [-0.2, 0) is 11.8 Å². The summed E-state index contributed by atoms with van der Waals surface area (Å²) in [6.07, 6.45) is -2.19. The van der Waals surface area contributed by atoms with Crippen molar-refractivity contribution in [3.63, 3.8) is 0 Å². The third-order valence-electron chi connectivity index (χ3n) is 5.47. The molecule has 0 spiro atoms. The summed E-state index contributed by atoms with van der Waals surface area (Å²) in [5.41, 5.74) is 2.47. The molecular weight excluding hydrogens is 419 g/mol. The van der Waals surface area contributed by atoms with Crippen LogP contribution >= 0.6 is 6.34 Å². The molecule has 1 aliphatic rings. The summed E-state index contributed by atoms with van der Waals surface area (Å²) >= 11 is 6.21. The maximum atomic E-state index is 6.21. The van der Waals surface area contributed by atoms with Gasteiger partial charge < -0.3 is 4.74 Å². The highest BCUT2D eigenvalue weighted by atomic mass is 32.4. The van der Waals surface area contributed by atoms with Gasteiger partial charge in [-0.3, -0.25) is 10.2 Å². The zero-order valence-corrected chi connectivity index (χ0v) is 18.6. The summed E-state index contributed by atoms with van der Waals surface area (Å²) in [7, 11) is 0. The molecule has 0 aromatic heterocycles. The molecule has 31 heavy (non-hydrogen) atoms. The molecule has 0 bridgehead atoms. The van der Waals surface area contributed by atoms with Crippen LogP contribution in [0.5, 0.6) is 11.5 Å². The molecule has 0 amide bonds. The molecule has 0 aliphatic carbocycles. The topological polar surface area (TPSA) is 33.3 Å². The second-order valence-electron chi connectivity index (χ2n) is 7.55. The highest BCUT2D eigenvalue weighted by molar-refractivity contribution is 8.16. The second kappa shape index (κ2) is 8.78. The van der Waals surface area contributed by atoms with Crippen molar-refractivity contribution in [2.75, 3.05) is 0 Å². The van der Waals surface area contributed by atoms with E-state index in [-0.39, 0.29) is 12.1 Å². The van der Waals surface area contributed by atoms with Crippen LogP contribution < -0.4 is 20.2 Å². The minimum Gasteiger partial charge on any atom is -0.457 e. The lowest BCUT2D eigenvalue weighted by Crippen LogP contribution is -2.19. The van der Waals surface area contributed by atoms with Crippen LogP contribution in [0.4, 0.5) is 0 Å². The Balaban J connectivity index is 1.44. The summed E-state index contributed by atoms with van der Waals surface area (Å²) in [5, 5.41) is 8.68. The Morgan fingerprint density at radius 3 is 1.45 bits per heavy atom. The highest BCUT2D eigenvalue weighted by Crippen LogP contribution is 2.52. The van der Waals surface area contributed by atoms with Gasteiger partial charge in [-0.15, -0.1) is 0 Å². The van der Waals surface area contributed by atoms with E-state index >= 15 is 0 Å². The molecule has 1 aliphatic heterocycles. The molecule has 2 atom stereocenters. The SMILES string of the molecule is S=P1(c2ccc(Oc3ccccc3)cc2)N[C@@H](c2ccccc2)[C@H](c2ccccc2)N1. The zero-order valence-electron chi connectivity index (χ0n) is 16.9. The number of hydrogen-bond donors (Lipinski definition) is 2. The molecule has 0 saturated carbocycles. The lowest BCUT2D eigenvalue weighted by Gasteiger charge is -2.19. The van der Waals surface area contributed by atoms with E-state index < -0.39 is 6.34 Å². The summed E-state index contributed by atoms with van der Waals surface area (Å²) in [5.74, 6) is 1.62. The number of rotatable bonds is 5. The van der Waals surface area contributed by atoms with E-state index in [4.69, 9.17) is 16.5 Å². The van der Waals surface area contributed by atoms with E-state index in [9.17, 15) is 0 Å². The van der Waals surface area contributed by atoms with E-state index in [1.54, 1.807) is 0 Å². The summed E-state index contributed by atoms with van der Waals surface area (Å²) < 4.78 is 5.95. The molecule has 0 radical (unpaired) electrons. The average Bonchev–Trinajstić information content (AvgIpc) is 3.20. The zero-order chi connectivity index (χ0) is 21.1. The standard InChI is InChI=1S/C26H23N2OPS/c31-30(24-18-16-23(17-19-24)29-22-14-8-3-9-15-22)27-25(20-10-4-1-5-11-20)26(28-30)21-12-6-2-7-13-21/h1-19,25-26H,(H2,27,28,31)/t25-,26-/m0/s1. The van der Waals surface area contributed by atoms with Gasteiger partial charge in [0.05, 0.1) is 12.1 Å². The fourth-order valence-corrected chi connectivity index (χ4v) is 7.30. The molecule has 0 unspecified atom stereocenters. The molecule has 1 heterocycles. The van der Waals surface area contributed by atoms with Crippen molar-refractivity contribution in [3.05, 3.63) is 126 Å². The summed E-state index contributed by atoms with van der Waals surface area (Å²) in [4.78, 5) is 0. The van der Waals surface area contributed by atoms with Gasteiger partial charge in [0.15, 0.2) is 0 Å². The number of hydrogen-bond acceptors (Lipinski definition) is 2. The van der Waals surface area contributed by atoms with Crippen molar-refractivity contribution >= 4 is 23.5 Å². The Kier molecular flexibility index (Phi) is 5.71. The smallest absolute Gasteiger partial charge is 0.127 e. The Labute approximate surface area is 188 Å². The van der Waals surface area contributed by atoms with E-state index in [1.165, 1.54) is 11.1 Å². The van der Waals surface area contributed by atoms with Gasteiger partial charge >= 0.3 is 0 Å². The first-order valence-electron chi connectivity index (χ1n) is 10.3. The highest BCUT2D eigenvalue weighted by Gasteiger charge is 2.39. The van der Waals surface area contributed by atoms with Crippen LogP contribution in [0, 0.1) is 0 Å². The number of ether oxygens (including phenoxy) is 1. The van der Waals surface area contributed by atoms with Gasteiger partial charge in [-0.25, -0.2) is 0 Å². The molecule has 154 valence electrons. The Morgan fingerprint density at radius 1 is 0.548 bits per heavy atom. The predicted molar refractivity (Wildman–Crippen MR) is 132 cm³/mol. The number of nitrogens with one attached hydrogen (secondary N) is 2. The van der Waals surface area contributed by atoms with Crippen LogP contribution in [0.1, 0.15) is 23.2 Å².